The van der Waals surface area contributed by atoms with Crippen LogP contribution >= 0.6 is 0 Å². The Morgan fingerprint density at radius 3 is 0.963 bits per heavy atom. The van der Waals surface area contributed by atoms with Crippen molar-refractivity contribution in [2.75, 3.05) is 9.80 Å². The number of hydrogen-bond donors (Lipinski definition) is 0. The molecule has 80 heavy (non-hydrogen) atoms. The molecule has 2 fully saturated rings. The quantitative estimate of drug-likeness (QED) is 0.140. The number of hydrogen-bond acceptors (Lipinski definition) is 2. The summed E-state index contributed by atoms with van der Waals surface area (Å²) in [4.78, 5) is 5.37. The molecule has 0 amide bonds. The highest BCUT2D eigenvalue weighted by molar-refractivity contribution is 6.22. The third-order valence-electron chi connectivity index (χ3n) is 20.8. The van der Waals surface area contributed by atoms with E-state index in [4.69, 9.17) is 0 Å². The van der Waals surface area contributed by atoms with Crippen LogP contribution in [0.3, 0.4) is 0 Å². The van der Waals surface area contributed by atoms with Crippen LogP contribution in [0.25, 0.3) is 88.3 Å². The first-order valence-electron chi connectivity index (χ1n) is 29.3. The van der Waals surface area contributed by atoms with Crippen LogP contribution in [0, 0.1) is 10.8 Å². The Balaban J connectivity index is 0.947. The molecule has 2 nitrogen and oxygen atoms in total. The predicted molar refractivity (Wildman–Crippen MR) is 340 cm³/mol. The number of benzene rings is 11. The van der Waals surface area contributed by atoms with Crippen molar-refractivity contribution in [3.05, 3.63) is 254 Å². The SMILES string of the molecule is CC1(C)CCC2c3cc(-c4ccc5c(-c6ccc(-c7ccccc7)cc6)c6cc(-c7ccc8c(c7)C7CCC(C)(C)C7(C)N8c7ccccc7)ccc6c(-c6ccc(-c7ccccc7)cc6)c5c4)ccc3N(c3ccccc3)C21C. The molecular formula is C78H68N2. The van der Waals surface area contributed by atoms with E-state index in [-0.39, 0.29) is 21.9 Å². The van der Waals surface area contributed by atoms with Crippen molar-refractivity contribution in [3.8, 4) is 66.8 Å². The van der Waals surface area contributed by atoms with Gasteiger partial charge < -0.3 is 9.80 Å². The van der Waals surface area contributed by atoms with Crippen molar-refractivity contribution in [1.29, 1.82) is 0 Å². The lowest BCUT2D eigenvalue weighted by Gasteiger charge is -2.47. The molecule has 11 aromatic carbocycles. The van der Waals surface area contributed by atoms with Gasteiger partial charge in [0.25, 0.3) is 0 Å². The van der Waals surface area contributed by atoms with E-state index in [9.17, 15) is 0 Å². The fourth-order valence-electron chi connectivity index (χ4n) is 15.9. The first-order chi connectivity index (χ1) is 38.9. The van der Waals surface area contributed by atoms with Gasteiger partial charge in [-0.05, 0) is 210 Å². The van der Waals surface area contributed by atoms with E-state index in [0.717, 1.165) is 0 Å². The molecule has 0 aromatic heterocycles. The summed E-state index contributed by atoms with van der Waals surface area (Å²) in [5.41, 5.74) is 23.3. The number of nitrogens with zero attached hydrogens (tertiary/aromatic N) is 2. The second-order valence-corrected chi connectivity index (χ2v) is 25.3. The Bertz CT molecular complexity index is 3920. The van der Waals surface area contributed by atoms with E-state index < -0.39 is 0 Å². The second kappa shape index (κ2) is 18.0. The Morgan fingerprint density at radius 2 is 0.588 bits per heavy atom. The summed E-state index contributed by atoms with van der Waals surface area (Å²) in [6.07, 6.45) is 4.76. The maximum absolute atomic E-state index is 2.69. The summed E-state index contributed by atoms with van der Waals surface area (Å²) in [5, 5.41) is 5.03. The molecule has 4 atom stereocenters. The summed E-state index contributed by atoms with van der Waals surface area (Å²) >= 11 is 0. The molecule has 390 valence electrons. The minimum atomic E-state index is -0.0448. The van der Waals surface area contributed by atoms with Crippen LogP contribution in [0.1, 0.15) is 90.2 Å². The first kappa shape index (κ1) is 48.6. The highest BCUT2D eigenvalue weighted by atomic mass is 15.3. The molecule has 0 spiro atoms. The van der Waals surface area contributed by atoms with Crippen LogP contribution in [-0.4, -0.2) is 11.1 Å². The average molecular weight is 1030 g/mol. The van der Waals surface area contributed by atoms with Gasteiger partial charge in [0.2, 0.25) is 0 Å². The molecule has 4 aliphatic rings. The van der Waals surface area contributed by atoms with Crippen molar-refractivity contribution in [2.45, 2.75) is 90.1 Å². The zero-order chi connectivity index (χ0) is 54.1. The van der Waals surface area contributed by atoms with Gasteiger partial charge in [-0.3, -0.25) is 0 Å². The van der Waals surface area contributed by atoms with Crippen LogP contribution < -0.4 is 9.80 Å². The van der Waals surface area contributed by atoms with Crippen molar-refractivity contribution < 1.29 is 0 Å². The van der Waals surface area contributed by atoms with Gasteiger partial charge in [-0.25, -0.2) is 0 Å². The molecule has 0 N–H and O–H groups in total. The van der Waals surface area contributed by atoms with E-state index in [1.165, 1.54) is 148 Å². The summed E-state index contributed by atoms with van der Waals surface area (Å²) in [7, 11) is 0. The van der Waals surface area contributed by atoms with Crippen molar-refractivity contribution in [3.63, 3.8) is 0 Å². The Kier molecular flexibility index (Phi) is 11.0. The van der Waals surface area contributed by atoms with Gasteiger partial charge in [-0.1, -0.05) is 210 Å². The number of para-hydroxylation sites is 2. The fraction of sp³-hybridized carbons (Fsp3) is 0.205. The smallest absolute Gasteiger partial charge is 0.0543 e. The van der Waals surface area contributed by atoms with Gasteiger partial charge in [0.15, 0.2) is 0 Å². The molecule has 15 rings (SSSR count). The summed E-state index contributed by atoms with van der Waals surface area (Å²) in [5.74, 6) is 0.858. The molecule has 2 aliphatic carbocycles. The second-order valence-electron chi connectivity index (χ2n) is 25.3. The topological polar surface area (TPSA) is 6.48 Å². The van der Waals surface area contributed by atoms with Gasteiger partial charge in [0, 0.05) is 34.6 Å². The third kappa shape index (κ3) is 7.16. The van der Waals surface area contributed by atoms with E-state index in [1.807, 2.05) is 0 Å². The Labute approximate surface area is 473 Å². The monoisotopic (exact) mass is 1030 g/mol. The van der Waals surface area contributed by atoms with Crippen LogP contribution in [0.15, 0.2) is 243 Å². The lowest BCUT2D eigenvalue weighted by atomic mass is 9.72. The first-order valence-corrected chi connectivity index (χ1v) is 29.3. The van der Waals surface area contributed by atoms with Crippen LogP contribution in [-0.2, 0) is 0 Å². The summed E-state index contributed by atoms with van der Waals surface area (Å²) < 4.78 is 0. The summed E-state index contributed by atoms with van der Waals surface area (Å²) in [6.45, 7) is 15.0. The highest BCUT2D eigenvalue weighted by Gasteiger charge is 2.62. The molecule has 2 saturated carbocycles. The number of anilines is 4. The molecule has 2 heteroatoms. The Hall–Kier alpha value is -8.46. The maximum Gasteiger partial charge on any atom is 0.0543 e. The van der Waals surface area contributed by atoms with Crippen molar-refractivity contribution >= 4 is 44.3 Å². The van der Waals surface area contributed by atoms with Gasteiger partial charge in [-0.15, -0.1) is 0 Å². The normalized spacial score (nSPS) is 21.2. The molecule has 2 heterocycles. The predicted octanol–water partition coefficient (Wildman–Crippen LogP) is 21.6. The van der Waals surface area contributed by atoms with E-state index >= 15 is 0 Å². The van der Waals surface area contributed by atoms with Gasteiger partial charge in [0.1, 0.15) is 0 Å². The zero-order valence-electron chi connectivity index (χ0n) is 47.0. The zero-order valence-corrected chi connectivity index (χ0v) is 47.0. The molecule has 0 saturated heterocycles. The van der Waals surface area contributed by atoms with Crippen molar-refractivity contribution in [1.82, 2.24) is 0 Å². The van der Waals surface area contributed by atoms with Gasteiger partial charge in [-0.2, -0.15) is 0 Å². The minimum absolute atomic E-state index is 0.0448. The number of rotatable bonds is 8. The highest BCUT2D eigenvalue weighted by Crippen LogP contribution is 2.67. The molecular weight excluding hydrogens is 965 g/mol. The maximum atomic E-state index is 2.69. The van der Waals surface area contributed by atoms with Gasteiger partial charge >= 0.3 is 0 Å². The lowest BCUT2D eigenvalue weighted by Crippen LogP contribution is -2.50. The van der Waals surface area contributed by atoms with Crippen LogP contribution in [0.5, 0.6) is 0 Å². The molecule has 11 aromatic rings. The van der Waals surface area contributed by atoms with E-state index in [1.54, 1.807) is 0 Å². The average Bonchev–Trinajstić information content (AvgIpc) is 4.12. The lowest BCUT2D eigenvalue weighted by molar-refractivity contribution is 0.222. The van der Waals surface area contributed by atoms with E-state index in [2.05, 4.69) is 294 Å². The largest absolute Gasteiger partial charge is 0.334 e. The third-order valence-corrected chi connectivity index (χ3v) is 20.8. The standard InChI is InChI=1S/C78H68N2/c1-75(2)45-43-69-67-49-59(37-41-71(67)79(77(69,75)5)61-23-15-9-16-24-61)57-35-39-63-65(47-57)73(55-31-27-53(28-32-55)51-19-11-7-12-20-51)64-40-36-58(48-66(64)74(63)56-33-29-54(30-34-56)52-21-13-8-14-22-52)60-38-42-72-68(50-60)70-44-46-76(3,4)78(70,6)80(72)62-25-17-10-18-26-62/h7-42,47-50,69-70H,43-46H2,1-6H3. The molecule has 0 bridgehead atoms. The van der Waals surface area contributed by atoms with Crippen molar-refractivity contribution in [2.24, 2.45) is 10.8 Å². The van der Waals surface area contributed by atoms with Crippen LogP contribution in [0.2, 0.25) is 0 Å². The summed E-state index contributed by atoms with van der Waals surface area (Å²) in [6, 6.07) is 92.0. The fourth-order valence-corrected chi connectivity index (χ4v) is 15.9. The number of fused-ring (bicyclic) bond motifs is 8. The Morgan fingerprint density at radius 1 is 0.287 bits per heavy atom. The minimum Gasteiger partial charge on any atom is -0.334 e. The van der Waals surface area contributed by atoms with Crippen LogP contribution in [0.4, 0.5) is 22.7 Å². The molecule has 0 radical (unpaired) electrons. The molecule has 2 aliphatic heterocycles. The van der Waals surface area contributed by atoms with Gasteiger partial charge in [0.05, 0.1) is 11.1 Å². The van der Waals surface area contributed by atoms with E-state index in [0.29, 0.717) is 11.8 Å². The molecule has 4 unspecified atom stereocenters.